The third-order valence-corrected chi connectivity index (χ3v) is 3.55. The molecule has 0 aliphatic rings. The Morgan fingerprint density at radius 1 is 1.47 bits per heavy atom. The quantitative estimate of drug-likeness (QED) is 0.648. The number of nitro benzene ring substituents is 1. The summed E-state index contributed by atoms with van der Waals surface area (Å²) in [4.78, 5) is 11.3. The highest BCUT2D eigenvalue weighted by atomic mass is 32.1. The van der Waals surface area contributed by atoms with E-state index in [4.69, 9.17) is 10.5 Å². The molecule has 2 rings (SSSR count). The molecule has 3 N–H and O–H groups in total. The molecular weight excluding hydrogens is 266 g/mol. The molecule has 0 unspecified atom stereocenters. The third-order valence-electron chi connectivity index (χ3n) is 2.61. The number of nitrogen functional groups attached to an aromatic ring is 1. The van der Waals surface area contributed by atoms with Gasteiger partial charge in [0.15, 0.2) is 0 Å². The summed E-state index contributed by atoms with van der Waals surface area (Å²) in [6.45, 7) is 0.501. The monoisotopic (exact) mass is 279 g/mol. The second-order valence-corrected chi connectivity index (χ2v) is 4.80. The predicted octanol–water partition coefficient (Wildman–Crippen LogP) is 2.86. The topological polar surface area (TPSA) is 90.4 Å². The number of nitrogens with two attached hydrogens (primary N) is 1. The van der Waals surface area contributed by atoms with E-state index in [1.807, 2.05) is 11.4 Å². The van der Waals surface area contributed by atoms with Crippen LogP contribution in [0.5, 0.6) is 5.75 Å². The molecule has 0 bridgehead atoms. The number of nitrogens with one attached hydrogen (secondary N) is 1. The van der Waals surface area contributed by atoms with Gasteiger partial charge in [-0.3, -0.25) is 10.1 Å². The van der Waals surface area contributed by atoms with Crippen molar-refractivity contribution in [3.8, 4) is 5.75 Å². The molecule has 0 fully saturated rings. The Morgan fingerprint density at radius 2 is 2.26 bits per heavy atom. The molecule has 0 saturated carbocycles. The summed E-state index contributed by atoms with van der Waals surface area (Å²) in [6.07, 6.45) is 0. The van der Waals surface area contributed by atoms with Gasteiger partial charge in [-0.2, -0.15) is 0 Å². The summed E-state index contributed by atoms with van der Waals surface area (Å²) < 4.78 is 5.17. The first-order valence-electron chi connectivity index (χ1n) is 5.50. The Balaban J connectivity index is 2.20. The van der Waals surface area contributed by atoms with Crippen molar-refractivity contribution in [1.82, 2.24) is 0 Å². The zero-order chi connectivity index (χ0) is 13.8. The Labute approximate surface area is 114 Å². The van der Waals surface area contributed by atoms with E-state index in [1.165, 1.54) is 30.6 Å². The number of hydrogen-bond acceptors (Lipinski definition) is 6. The molecular formula is C12H13N3O3S. The average Bonchev–Trinajstić information content (AvgIpc) is 2.81. The average molecular weight is 279 g/mol. The van der Waals surface area contributed by atoms with Crippen LogP contribution < -0.4 is 15.8 Å². The lowest BCUT2D eigenvalue weighted by Gasteiger charge is -2.10. The first-order chi connectivity index (χ1) is 9.11. The minimum absolute atomic E-state index is 0.0162. The van der Waals surface area contributed by atoms with E-state index in [9.17, 15) is 10.1 Å². The second-order valence-electron chi connectivity index (χ2n) is 3.79. The summed E-state index contributed by atoms with van der Waals surface area (Å²) in [5.74, 6) is 0.556. The van der Waals surface area contributed by atoms with E-state index in [2.05, 4.69) is 5.32 Å². The van der Waals surface area contributed by atoms with Gasteiger partial charge in [-0.05, 0) is 17.5 Å². The molecule has 0 radical (unpaired) electrons. The van der Waals surface area contributed by atoms with Gasteiger partial charge < -0.3 is 15.8 Å². The highest BCUT2D eigenvalue weighted by molar-refractivity contribution is 7.10. The van der Waals surface area contributed by atoms with Gasteiger partial charge in [0.1, 0.15) is 5.75 Å². The normalized spacial score (nSPS) is 10.2. The fourth-order valence-corrected chi connectivity index (χ4v) is 2.36. The summed E-state index contributed by atoms with van der Waals surface area (Å²) >= 11 is 1.53. The number of ether oxygens (including phenoxy) is 1. The van der Waals surface area contributed by atoms with E-state index in [-0.39, 0.29) is 5.69 Å². The highest BCUT2D eigenvalue weighted by Gasteiger charge is 2.11. The number of nitro groups is 1. The molecule has 1 heterocycles. The van der Waals surface area contributed by atoms with Crippen molar-refractivity contribution < 1.29 is 9.66 Å². The van der Waals surface area contributed by atoms with E-state index in [1.54, 1.807) is 6.07 Å². The number of non-ortho nitro benzene ring substituents is 1. The minimum Gasteiger partial charge on any atom is -0.495 e. The lowest BCUT2D eigenvalue weighted by atomic mass is 10.2. The molecule has 7 heteroatoms. The first-order valence-corrected chi connectivity index (χ1v) is 6.38. The molecule has 1 aromatic carbocycles. The van der Waals surface area contributed by atoms with E-state index >= 15 is 0 Å². The Bertz CT molecular complexity index is 598. The number of methoxy groups -OCH3 is 1. The molecule has 6 nitrogen and oxygen atoms in total. The van der Waals surface area contributed by atoms with Crippen molar-refractivity contribution in [2.45, 2.75) is 6.54 Å². The zero-order valence-electron chi connectivity index (χ0n) is 10.3. The van der Waals surface area contributed by atoms with Gasteiger partial charge in [0, 0.05) is 22.7 Å². The third kappa shape index (κ3) is 2.94. The largest absolute Gasteiger partial charge is 0.495 e. The van der Waals surface area contributed by atoms with Gasteiger partial charge in [-0.1, -0.05) is 0 Å². The van der Waals surface area contributed by atoms with Crippen LogP contribution in [0.25, 0.3) is 0 Å². The number of anilines is 2. The summed E-state index contributed by atoms with van der Waals surface area (Å²) in [5.41, 5.74) is 7.08. The Morgan fingerprint density at radius 3 is 2.84 bits per heavy atom. The van der Waals surface area contributed by atoms with E-state index < -0.39 is 4.92 Å². The maximum absolute atomic E-state index is 10.8. The van der Waals surface area contributed by atoms with Crippen molar-refractivity contribution in [3.05, 3.63) is 44.6 Å². The molecule has 19 heavy (non-hydrogen) atoms. The van der Waals surface area contributed by atoms with Crippen LogP contribution in [0.1, 0.15) is 4.88 Å². The van der Waals surface area contributed by atoms with Gasteiger partial charge in [0.2, 0.25) is 0 Å². The van der Waals surface area contributed by atoms with E-state index in [0.717, 1.165) is 4.88 Å². The summed E-state index contributed by atoms with van der Waals surface area (Å²) in [5, 5.41) is 15.8. The van der Waals surface area contributed by atoms with Crippen molar-refractivity contribution >= 4 is 28.4 Å². The fourth-order valence-electron chi connectivity index (χ4n) is 1.62. The lowest BCUT2D eigenvalue weighted by molar-refractivity contribution is -0.384. The van der Waals surface area contributed by atoms with Gasteiger partial charge in [0.05, 0.1) is 24.3 Å². The van der Waals surface area contributed by atoms with Crippen molar-refractivity contribution in [2.24, 2.45) is 0 Å². The van der Waals surface area contributed by atoms with Crippen LogP contribution in [0.4, 0.5) is 17.1 Å². The van der Waals surface area contributed by atoms with Gasteiger partial charge in [-0.15, -0.1) is 11.3 Å². The van der Waals surface area contributed by atoms with E-state index in [0.29, 0.717) is 23.7 Å². The molecule has 0 amide bonds. The highest BCUT2D eigenvalue weighted by Crippen LogP contribution is 2.30. The van der Waals surface area contributed by atoms with Gasteiger partial charge in [0.25, 0.3) is 5.69 Å². The molecule has 0 atom stereocenters. The number of nitrogens with zero attached hydrogens (tertiary/aromatic N) is 1. The molecule has 0 saturated heterocycles. The number of hydrogen-bond donors (Lipinski definition) is 2. The molecule has 0 spiro atoms. The van der Waals surface area contributed by atoms with Crippen LogP contribution in [0.3, 0.4) is 0 Å². The van der Waals surface area contributed by atoms with Crippen molar-refractivity contribution in [2.75, 3.05) is 18.2 Å². The van der Waals surface area contributed by atoms with Crippen molar-refractivity contribution in [3.63, 3.8) is 0 Å². The van der Waals surface area contributed by atoms with Crippen LogP contribution in [0.2, 0.25) is 0 Å². The number of thiophene rings is 1. The van der Waals surface area contributed by atoms with Gasteiger partial charge >= 0.3 is 0 Å². The van der Waals surface area contributed by atoms with Crippen LogP contribution in [0, 0.1) is 10.1 Å². The maximum atomic E-state index is 10.8. The molecule has 2 aromatic rings. The lowest BCUT2D eigenvalue weighted by Crippen LogP contribution is -2.02. The van der Waals surface area contributed by atoms with Crippen molar-refractivity contribution in [1.29, 1.82) is 0 Å². The predicted molar refractivity (Wildman–Crippen MR) is 75.7 cm³/mol. The molecule has 0 aliphatic carbocycles. The fraction of sp³-hybridized carbons (Fsp3) is 0.167. The Kier molecular flexibility index (Phi) is 3.86. The first kappa shape index (κ1) is 13.2. The SMILES string of the molecule is COc1ccc([N+](=O)[O-])cc1NCc1sccc1N. The van der Waals surface area contributed by atoms with Gasteiger partial charge in [-0.25, -0.2) is 0 Å². The minimum atomic E-state index is -0.440. The van der Waals surface area contributed by atoms with Crippen LogP contribution in [0.15, 0.2) is 29.6 Å². The molecule has 0 aliphatic heterocycles. The second kappa shape index (κ2) is 5.57. The van der Waals surface area contributed by atoms with Crippen LogP contribution in [-0.2, 0) is 6.54 Å². The molecule has 100 valence electrons. The number of benzene rings is 1. The summed E-state index contributed by atoms with van der Waals surface area (Å²) in [6, 6.07) is 6.25. The smallest absolute Gasteiger partial charge is 0.271 e. The summed E-state index contributed by atoms with van der Waals surface area (Å²) in [7, 11) is 1.52. The Hall–Kier alpha value is -2.28. The maximum Gasteiger partial charge on any atom is 0.271 e. The zero-order valence-corrected chi connectivity index (χ0v) is 11.1. The number of rotatable bonds is 5. The van der Waals surface area contributed by atoms with Crippen LogP contribution >= 0.6 is 11.3 Å². The van der Waals surface area contributed by atoms with Crippen LogP contribution in [-0.4, -0.2) is 12.0 Å². The molecule has 1 aromatic heterocycles. The standard InChI is InChI=1S/C12H13N3O3S/c1-18-11-3-2-8(15(16)17)6-10(11)14-7-12-9(13)4-5-19-12/h2-6,14H,7,13H2,1H3.